The van der Waals surface area contributed by atoms with Crippen LogP contribution >= 0.6 is 15.9 Å². The van der Waals surface area contributed by atoms with E-state index in [9.17, 15) is 4.79 Å². The van der Waals surface area contributed by atoms with Crippen molar-refractivity contribution < 1.29 is 9.53 Å². The minimum absolute atomic E-state index is 0.590. The topological polar surface area (TPSA) is 26.3 Å². The van der Waals surface area contributed by atoms with Crippen molar-refractivity contribution in [1.82, 2.24) is 0 Å². The Morgan fingerprint density at radius 1 is 1.70 bits per heavy atom. The summed E-state index contributed by atoms with van der Waals surface area (Å²) >= 11 is 3.07. The zero-order chi connectivity index (χ0) is 7.82. The first-order valence-corrected chi connectivity index (χ1v) is 4.07. The molecule has 58 valence electrons. The fourth-order valence-corrected chi connectivity index (χ4v) is 0.805. The maximum atomic E-state index is 9.92. The van der Waals surface area contributed by atoms with Gasteiger partial charge < -0.3 is 4.74 Å². The van der Waals surface area contributed by atoms with Crippen molar-refractivity contribution in [1.29, 1.82) is 0 Å². The number of allylic oxidation sites excluding steroid dienone is 1. The van der Waals surface area contributed by atoms with Gasteiger partial charge in [-0.3, -0.25) is 0 Å². The summed E-state index contributed by atoms with van der Waals surface area (Å²) in [6.07, 6.45) is 1.60. The van der Waals surface area contributed by atoms with Gasteiger partial charge in [0.2, 0.25) is 0 Å². The SMILES string of the molecule is CCOCCCC(Br)=C=O. The van der Waals surface area contributed by atoms with Gasteiger partial charge in [-0.2, -0.15) is 0 Å². The van der Waals surface area contributed by atoms with Crippen molar-refractivity contribution in [3.8, 4) is 0 Å². The molecule has 3 heteroatoms. The van der Waals surface area contributed by atoms with Gasteiger partial charge >= 0.3 is 0 Å². The normalized spacial score (nSPS) is 9.00. The first-order valence-electron chi connectivity index (χ1n) is 3.28. The van der Waals surface area contributed by atoms with Crippen LogP contribution in [0.1, 0.15) is 19.8 Å². The summed E-state index contributed by atoms with van der Waals surface area (Å²) < 4.78 is 5.65. The highest BCUT2D eigenvalue weighted by molar-refractivity contribution is 9.11. The summed E-state index contributed by atoms with van der Waals surface area (Å²) in [4.78, 5) is 9.92. The molecule has 0 rings (SSSR count). The maximum absolute atomic E-state index is 9.92. The molecule has 0 spiro atoms. The predicted molar refractivity (Wildman–Crippen MR) is 43.9 cm³/mol. The second-order valence-electron chi connectivity index (χ2n) is 1.81. The van der Waals surface area contributed by atoms with Gasteiger partial charge in [-0.25, -0.2) is 4.79 Å². The number of carbonyl (C=O) groups excluding carboxylic acids is 1. The molecule has 0 aromatic heterocycles. The molecule has 0 saturated heterocycles. The standard InChI is InChI=1S/C7H11BrO2/c1-2-10-5-3-4-7(8)6-9/h2-5H2,1H3. The third-order valence-corrected chi connectivity index (χ3v) is 1.56. The summed E-state index contributed by atoms with van der Waals surface area (Å²) in [5, 5.41) is 0. The molecule has 0 aliphatic heterocycles. The summed E-state index contributed by atoms with van der Waals surface area (Å²) in [5.74, 6) is 1.77. The number of hydrogen-bond donors (Lipinski definition) is 0. The molecule has 0 bridgehead atoms. The first-order chi connectivity index (χ1) is 4.81. The van der Waals surface area contributed by atoms with E-state index in [0.717, 1.165) is 19.4 Å². The molecule has 0 amide bonds. The predicted octanol–water partition coefficient (Wildman–Crippen LogP) is 1.91. The Labute approximate surface area is 69.4 Å². The van der Waals surface area contributed by atoms with Crippen LogP contribution in [0, 0.1) is 0 Å². The van der Waals surface area contributed by atoms with Gasteiger partial charge in [0.15, 0.2) is 0 Å². The lowest BCUT2D eigenvalue weighted by Crippen LogP contribution is -1.92. The van der Waals surface area contributed by atoms with E-state index in [2.05, 4.69) is 15.9 Å². The van der Waals surface area contributed by atoms with Crippen LogP contribution in [0.5, 0.6) is 0 Å². The molecule has 10 heavy (non-hydrogen) atoms. The molecular weight excluding hydrogens is 196 g/mol. The van der Waals surface area contributed by atoms with Crippen molar-refractivity contribution >= 4 is 21.9 Å². The van der Waals surface area contributed by atoms with E-state index in [1.54, 1.807) is 5.94 Å². The molecule has 2 nitrogen and oxygen atoms in total. The van der Waals surface area contributed by atoms with Crippen molar-refractivity contribution in [2.75, 3.05) is 13.2 Å². The van der Waals surface area contributed by atoms with Gasteiger partial charge in [0.25, 0.3) is 0 Å². The molecule has 0 heterocycles. The highest BCUT2D eigenvalue weighted by Gasteiger charge is 1.91. The van der Waals surface area contributed by atoms with Crippen LogP contribution < -0.4 is 0 Å². The Balaban J connectivity index is 3.12. The third kappa shape index (κ3) is 6.02. The Kier molecular flexibility index (Phi) is 6.93. The van der Waals surface area contributed by atoms with Gasteiger partial charge in [0.05, 0.1) is 4.48 Å². The fourth-order valence-electron chi connectivity index (χ4n) is 0.525. The number of hydrogen-bond acceptors (Lipinski definition) is 2. The quantitative estimate of drug-likeness (QED) is 0.508. The van der Waals surface area contributed by atoms with Crippen molar-refractivity contribution in [2.45, 2.75) is 19.8 Å². The fraction of sp³-hybridized carbons (Fsp3) is 0.714. The average Bonchev–Trinajstić information content (AvgIpc) is 1.98. The van der Waals surface area contributed by atoms with Gasteiger partial charge in [0, 0.05) is 13.2 Å². The second-order valence-corrected chi connectivity index (χ2v) is 2.76. The number of rotatable bonds is 5. The van der Waals surface area contributed by atoms with Crippen molar-refractivity contribution in [2.24, 2.45) is 0 Å². The van der Waals surface area contributed by atoms with Crippen LogP contribution in [-0.4, -0.2) is 19.2 Å². The Hall–Kier alpha value is -0.110. The zero-order valence-electron chi connectivity index (χ0n) is 6.02. The summed E-state index contributed by atoms with van der Waals surface area (Å²) in [6.45, 7) is 3.40. The zero-order valence-corrected chi connectivity index (χ0v) is 7.61. The van der Waals surface area contributed by atoms with E-state index in [1.807, 2.05) is 6.92 Å². The van der Waals surface area contributed by atoms with Crippen molar-refractivity contribution in [3.05, 3.63) is 4.48 Å². The highest BCUT2D eigenvalue weighted by atomic mass is 79.9. The van der Waals surface area contributed by atoms with Gasteiger partial charge in [-0.1, -0.05) is 0 Å². The van der Waals surface area contributed by atoms with Gasteiger partial charge in [-0.05, 0) is 35.7 Å². The van der Waals surface area contributed by atoms with Crippen molar-refractivity contribution in [3.63, 3.8) is 0 Å². The minimum atomic E-state index is 0.590. The van der Waals surface area contributed by atoms with Crippen LogP contribution in [0.4, 0.5) is 0 Å². The van der Waals surface area contributed by atoms with Crippen LogP contribution in [0.3, 0.4) is 0 Å². The van der Waals surface area contributed by atoms with Crippen LogP contribution in [0.15, 0.2) is 4.48 Å². The maximum Gasteiger partial charge on any atom is 0.135 e. The lowest BCUT2D eigenvalue weighted by atomic mass is 10.3. The molecular formula is C7H11BrO2. The molecule has 0 N–H and O–H groups in total. The lowest BCUT2D eigenvalue weighted by molar-refractivity contribution is 0.145. The Morgan fingerprint density at radius 2 is 2.40 bits per heavy atom. The molecule has 0 unspecified atom stereocenters. The molecule has 0 aliphatic carbocycles. The number of halogens is 1. The monoisotopic (exact) mass is 206 g/mol. The summed E-state index contributed by atoms with van der Waals surface area (Å²) in [6, 6.07) is 0. The van der Waals surface area contributed by atoms with Gasteiger partial charge in [0.1, 0.15) is 5.94 Å². The third-order valence-electron chi connectivity index (χ3n) is 1.000. The highest BCUT2D eigenvalue weighted by Crippen LogP contribution is 2.07. The molecule has 0 radical (unpaired) electrons. The summed E-state index contributed by atoms with van der Waals surface area (Å²) in [5.41, 5.74) is 0. The lowest BCUT2D eigenvalue weighted by Gasteiger charge is -1.97. The van der Waals surface area contributed by atoms with Crippen LogP contribution in [-0.2, 0) is 9.53 Å². The molecule has 0 fully saturated rings. The van der Waals surface area contributed by atoms with E-state index in [0.29, 0.717) is 11.1 Å². The second kappa shape index (κ2) is 7.00. The molecule has 0 atom stereocenters. The van der Waals surface area contributed by atoms with E-state index < -0.39 is 0 Å². The summed E-state index contributed by atoms with van der Waals surface area (Å²) in [7, 11) is 0. The Bertz CT molecular complexity index is 128. The minimum Gasteiger partial charge on any atom is -0.382 e. The Morgan fingerprint density at radius 3 is 2.90 bits per heavy atom. The van der Waals surface area contributed by atoms with Crippen LogP contribution in [0.25, 0.3) is 0 Å². The molecule has 0 aromatic rings. The molecule has 0 aliphatic rings. The van der Waals surface area contributed by atoms with E-state index >= 15 is 0 Å². The first kappa shape index (κ1) is 9.89. The molecule has 0 saturated carbocycles. The van der Waals surface area contributed by atoms with Crippen LogP contribution in [0.2, 0.25) is 0 Å². The van der Waals surface area contributed by atoms with E-state index in [1.165, 1.54) is 0 Å². The smallest absolute Gasteiger partial charge is 0.135 e. The van der Waals surface area contributed by atoms with Gasteiger partial charge in [-0.15, -0.1) is 0 Å². The largest absolute Gasteiger partial charge is 0.382 e. The number of ether oxygens (including phenoxy) is 1. The van der Waals surface area contributed by atoms with E-state index in [4.69, 9.17) is 4.74 Å². The molecule has 0 aromatic carbocycles. The van der Waals surface area contributed by atoms with E-state index in [-0.39, 0.29) is 0 Å². The average molecular weight is 207 g/mol.